The largest absolute Gasteiger partial charge is 0.380 e. The molecule has 0 bridgehead atoms. The first-order valence-corrected chi connectivity index (χ1v) is 5.19. The van der Waals surface area contributed by atoms with Crippen molar-refractivity contribution in [2.45, 2.75) is 13.2 Å². The van der Waals surface area contributed by atoms with Gasteiger partial charge in [-0.25, -0.2) is 0 Å². The SMILES string of the molecule is COCc1ccc(CNC(=O)CCl)cc1. The Morgan fingerprint density at radius 1 is 1.33 bits per heavy atom. The first-order chi connectivity index (χ1) is 7.26. The Morgan fingerprint density at radius 2 is 1.93 bits per heavy atom. The number of nitrogens with one attached hydrogen (secondary N) is 1. The van der Waals surface area contributed by atoms with E-state index in [1.165, 1.54) is 0 Å². The highest BCUT2D eigenvalue weighted by Gasteiger charge is 1.98. The fourth-order valence-electron chi connectivity index (χ4n) is 1.17. The molecule has 0 aliphatic heterocycles. The molecule has 0 spiro atoms. The summed E-state index contributed by atoms with van der Waals surface area (Å²) >= 11 is 5.36. The molecule has 0 saturated heterocycles. The quantitative estimate of drug-likeness (QED) is 0.778. The van der Waals surface area contributed by atoms with Crippen molar-refractivity contribution in [2.75, 3.05) is 13.0 Å². The van der Waals surface area contributed by atoms with Crippen LogP contribution in [0.4, 0.5) is 0 Å². The number of hydrogen-bond donors (Lipinski definition) is 1. The summed E-state index contributed by atoms with van der Waals surface area (Å²) < 4.78 is 5.00. The van der Waals surface area contributed by atoms with Gasteiger partial charge in [0, 0.05) is 13.7 Å². The Labute approximate surface area is 94.4 Å². The third-order valence-electron chi connectivity index (χ3n) is 1.95. The van der Waals surface area contributed by atoms with Crippen molar-refractivity contribution in [3.63, 3.8) is 0 Å². The van der Waals surface area contributed by atoms with Crippen LogP contribution < -0.4 is 5.32 Å². The number of benzene rings is 1. The topological polar surface area (TPSA) is 38.3 Å². The highest BCUT2D eigenvalue weighted by Crippen LogP contribution is 2.05. The lowest BCUT2D eigenvalue weighted by Crippen LogP contribution is -2.23. The zero-order valence-electron chi connectivity index (χ0n) is 8.63. The van der Waals surface area contributed by atoms with E-state index in [-0.39, 0.29) is 11.8 Å². The van der Waals surface area contributed by atoms with Crippen molar-refractivity contribution >= 4 is 17.5 Å². The summed E-state index contributed by atoms with van der Waals surface area (Å²) in [5, 5.41) is 2.70. The maximum atomic E-state index is 10.9. The molecule has 0 aliphatic carbocycles. The second-order valence-corrected chi connectivity index (χ2v) is 3.43. The van der Waals surface area contributed by atoms with Gasteiger partial charge in [0.2, 0.25) is 5.91 Å². The Bertz CT molecular complexity index is 311. The van der Waals surface area contributed by atoms with E-state index >= 15 is 0 Å². The minimum absolute atomic E-state index is 0.00174. The number of halogens is 1. The van der Waals surface area contributed by atoms with Gasteiger partial charge in [0.1, 0.15) is 5.88 Å². The monoisotopic (exact) mass is 227 g/mol. The Morgan fingerprint density at radius 3 is 2.47 bits per heavy atom. The van der Waals surface area contributed by atoms with Crippen LogP contribution in [0.3, 0.4) is 0 Å². The molecule has 1 rings (SSSR count). The fourth-order valence-corrected chi connectivity index (χ4v) is 1.26. The normalized spacial score (nSPS) is 10.0. The van der Waals surface area contributed by atoms with Gasteiger partial charge in [0.15, 0.2) is 0 Å². The van der Waals surface area contributed by atoms with Gasteiger partial charge in [-0.2, -0.15) is 0 Å². The lowest BCUT2D eigenvalue weighted by molar-refractivity contribution is -0.118. The summed E-state index contributed by atoms with van der Waals surface area (Å²) in [5.74, 6) is -0.153. The lowest BCUT2D eigenvalue weighted by atomic mass is 10.1. The van der Waals surface area contributed by atoms with Gasteiger partial charge < -0.3 is 10.1 Å². The predicted molar refractivity (Wildman–Crippen MR) is 59.7 cm³/mol. The van der Waals surface area contributed by atoms with Crippen molar-refractivity contribution in [1.29, 1.82) is 0 Å². The molecule has 4 heteroatoms. The Hall–Kier alpha value is -1.06. The highest BCUT2D eigenvalue weighted by atomic mass is 35.5. The second-order valence-electron chi connectivity index (χ2n) is 3.16. The van der Waals surface area contributed by atoms with E-state index in [1.807, 2.05) is 24.3 Å². The minimum atomic E-state index is -0.155. The molecule has 1 amide bonds. The van der Waals surface area contributed by atoms with Crippen molar-refractivity contribution in [3.05, 3.63) is 35.4 Å². The molecular weight excluding hydrogens is 214 g/mol. The van der Waals surface area contributed by atoms with Crippen LogP contribution in [-0.4, -0.2) is 18.9 Å². The number of hydrogen-bond acceptors (Lipinski definition) is 2. The summed E-state index contributed by atoms with van der Waals surface area (Å²) in [5.41, 5.74) is 2.17. The Kier molecular flexibility index (Phi) is 5.15. The van der Waals surface area contributed by atoms with Crippen molar-refractivity contribution < 1.29 is 9.53 Å². The van der Waals surface area contributed by atoms with Crippen molar-refractivity contribution in [2.24, 2.45) is 0 Å². The highest BCUT2D eigenvalue weighted by molar-refractivity contribution is 6.27. The average Bonchev–Trinajstić information content (AvgIpc) is 2.28. The first kappa shape index (κ1) is 12.0. The van der Waals surface area contributed by atoms with E-state index in [0.717, 1.165) is 11.1 Å². The van der Waals surface area contributed by atoms with Gasteiger partial charge in [0.25, 0.3) is 0 Å². The standard InChI is InChI=1S/C11H14ClNO2/c1-15-8-10-4-2-9(3-5-10)7-13-11(14)6-12/h2-5H,6-8H2,1H3,(H,13,14). The van der Waals surface area contributed by atoms with E-state index in [4.69, 9.17) is 16.3 Å². The predicted octanol–water partition coefficient (Wildman–Crippen LogP) is 1.69. The minimum Gasteiger partial charge on any atom is -0.380 e. The summed E-state index contributed by atoms with van der Waals surface area (Å²) in [6.07, 6.45) is 0. The number of amides is 1. The van der Waals surface area contributed by atoms with E-state index in [9.17, 15) is 4.79 Å². The second kappa shape index (κ2) is 6.43. The smallest absolute Gasteiger partial charge is 0.235 e. The molecule has 1 aromatic rings. The lowest BCUT2D eigenvalue weighted by Gasteiger charge is -2.04. The maximum absolute atomic E-state index is 10.9. The molecule has 0 aliphatic rings. The molecule has 0 aromatic heterocycles. The van der Waals surface area contributed by atoms with Gasteiger partial charge in [-0.05, 0) is 11.1 Å². The molecule has 3 nitrogen and oxygen atoms in total. The van der Waals surface area contributed by atoms with Gasteiger partial charge in [-0.15, -0.1) is 11.6 Å². The summed E-state index contributed by atoms with van der Waals surface area (Å²) in [6.45, 7) is 1.12. The fraction of sp³-hybridized carbons (Fsp3) is 0.364. The van der Waals surface area contributed by atoms with Gasteiger partial charge in [-0.1, -0.05) is 24.3 Å². The molecule has 0 atom stereocenters. The van der Waals surface area contributed by atoms with Gasteiger partial charge in [-0.3, -0.25) is 4.79 Å². The van der Waals surface area contributed by atoms with E-state index < -0.39 is 0 Å². The average molecular weight is 228 g/mol. The van der Waals surface area contributed by atoms with Crippen LogP contribution in [0.25, 0.3) is 0 Å². The number of rotatable bonds is 5. The molecule has 0 saturated carbocycles. The number of alkyl halides is 1. The summed E-state index contributed by atoms with van der Waals surface area (Å²) in [6, 6.07) is 7.88. The molecule has 0 unspecified atom stereocenters. The molecule has 0 radical (unpaired) electrons. The molecule has 82 valence electrons. The van der Waals surface area contributed by atoms with Gasteiger partial charge >= 0.3 is 0 Å². The summed E-state index contributed by atoms with van der Waals surface area (Å²) in [7, 11) is 1.66. The third-order valence-corrected chi connectivity index (χ3v) is 2.19. The van der Waals surface area contributed by atoms with Crippen LogP contribution in [0.5, 0.6) is 0 Å². The number of carbonyl (C=O) groups excluding carboxylic acids is 1. The molecular formula is C11H14ClNO2. The molecule has 0 fully saturated rings. The molecule has 1 aromatic carbocycles. The van der Waals surface area contributed by atoms with E-state index in [1.54, 1.807) is 7.11 Å². The van der Waals surface area contributed by atoms with E-state index in [0.29, 0.717) is 13.2 Å². The maximum Gasteiger partial charge on any atom is 0.235 e. The van der Waals surface area contributed by atoms with Crippen molar-refractivity contribution in [3.8, 4) is 0 Å². The number of carbonyl (C=O) groups is 1. The van der Waals surface area contributed by atoms with Crippen LogP contribution in [0, 0.1) is 0 Å². The number of ether oxygens (including phenoxy) is 1. The van der Waals surface area contributed by atoms with Crippen LogP contribution >= 0.6 is 11.6 Å². The van der Waals surface area contributed by atoms with Crippen LogP contribution in [0.2, 0.25) is 0 Å². The molecule has 15 heavy (non-hydrogen) atoms. The Balaban J connectivity index is 2.45. The van der Waals surface area contributed by atoms with E-state index in [2.05, 4.69) is 5.32 Å². The van der Waals surface area contributed by atoms with Gasteiger partial charge in [0.05, 0.1) is 6.61 Å². The third kappa shape index (κ3) is 4.32. The summed E-state index contributed by atoms with van der Waals surface area (Å²) in [4.78, 5) is 10.9. The number of methoxy groups -OCH3 is 1. The molecule has 0 heterocycles. The van der Waals surface area contributed by atoms with Crippen LogP contribution in [0.1, 0.15) is 11.1 Å². The zero-order valence-corrected chi connectivity index (χ0v) is 9.38. The first-order valence-electron chi connectivity index (χ1n) is 4.65. The van der Waals surface area contributed by atoms with Crippen LogP contribution in [-0.2, 0) is 22.7 Å². The van der Waals surface area contributed by atoms with Crippen molar-refractivity contribution in [1.82, 2.24) is 5.32 Å². The molecule has 1 N–H and O–H groups in total. The zero-order chi connectivity index (χ0) is 11.1. The van der Waals surface area contributed by atoms with Crippen LogP contribution in [0.15, 0.2) is 24.3 Å².